The summed E-state index contributed by atoms with van der Waals surface area (Å²) in [5.41, 5.74) is 5.78. The van der Waals surface area contributed by atoms with Gasteiger partial charge in [0.15, 0.2) is 5.82 Å². The summed E-state index contributed by atoms with van der Waals surface area (Å²) in [6.07, 6.45) is -1.55. The summed E-state index contributed by atoms with van der Waals surface area (Å²) in [5.74, 6) is -2.46. The van der Waals surface area contributed by atoms with Crippen molar-refractivity contribution >= 4 is 11.6 Å². The molecule has 2 heterocycles. The minimum atomic E-state index is -1.55. The Labute approximate surface area is 145 Å². The summed E-state index contributed by atoms with van der Waals surface area (Å²) in [6.45, 7) is 0. The molecule has 0 radical (unpaired) electrons. The number of carbonyl (C=O) groups excluding carboxylic acids is 1. The minimum absolute atomic E-state index is 0.0398. The zero-order valence-corrected chi connectivity index (χ0v) is 13.1. The van der Waals surface area contributed by atoms with Gasteiger partial charge in [-0.25, -0.2) is 23.4 Å². The number of amides is 1. The quantitative estimate of drug-likeness (QED) is 0.726. The highest BCUT2D eigenvalue weighted by molar-refractivity contribution is 6.15. The molecule has 1 atom stereocenters. The Balaban J connectivity index is 2.03. The molecule has 1 aromatic heterocycles. The molecule has 2 aromatic carbocycles. The molecule has 0 fully saturated rings. The van der Waals surface area contributed by atoms with E-state index in [0.717, 1.165) is 10.7 Å². The van der Waals surface area contributed by atoms with E-state index in [0.29, 0.717) is 0 Å². The number of rotatable bonds is 2. The van der Waals surface area contributed by atoms with Crippen molar-refractivity contribution < 1.29 is 18.7 Å². The van der Waals surface area contributed by atoms with Gasteiger partial charge in [-0.15, -0.1) is 5.10 Å². The third kappa shape index (κ3) is 2.45. The second-order valence-corrected chi connectivity index (χ2v) is 5.56. The average molecular weight is 355 g/mol. The van der Waals surface area contributed by atoms with Crippen LogP contribution in [0, 0.1) is 11.6 Å². The van der Waals surface area contributed by atoms with Crippen molar-refractivity contribution in [3.63, 3.8) is 0 Å². The van der Waals surface area contributed by atoms with Gasteiger partial charge in [-0.05, 0) is 30.3 Å². The van der Waals surface area contributed by atoms with Gasteiger partial charge in [-0.2, -0.15) is 0 Å². The molecule has 4 rings (SSSR count). The Hall–Kier alpha value is -3.46. The number of primary amides is 1. The summed E-state index contributed by atoms with van der Waals surface area (Å²) in [5, 5.41) is 14.4. The molecule has 3 aromatic rings. The van der Waals surface area contributed by atoms with Crippen LogP contribution < -0.4 is 5.73 Å². The van der Waals surface area contributed by atoms with E-state index >= 15 is 0 Å². The van der Waals surface area contributed by atoms with Crippen LogP contribution in [0.1, 0.15) is 33.8 Å². The molecular formula is C17H11F2N5O2. The first-order valence-corrected chi connectivity index (χ1v) is 7.53. The fourth-order valence-electron chi connectivity index (χ4n) is 2.77. The number of nitrogens with zero attached hydrogens (tertiary/aromatic N) is 4. The van der Waals surface area contributed by atoms with Gasteiger partial charge in [0.25, 0.3) is 5.91 Å². The van der Waals surface area contributed by atoms with Crippen molar-refractivity contribution in [2.75, 3.05) is 0 Å². The van der Waals surface area contributed by atoms with E-state index < -0.39 is 23.8 Å². The van der Waals surface area contributed by atoms with Crippen molar-refractivity contribution in [2.45, 2.75) is 6.23 Å². The van der Waals surface area contributed by atoms with Crippen molar-refractivity contribution in [3.05, 3.63) is 76.9 Å². The van der Waals surface area contributed by atoms with Crippen LogP contribution in [0.4, 0.5) is 8.78 Å². The SMILES string of the molecule is NC(=O)c1nc2n(n1)-c1ccc(F)cc1C(c1ccccc1F)=NC2O. The number of fused-ring (bicyclic) bond motifs is 3. The average Bonchev–Trinajstić information content (AvgIpc) is 3.02. The molecule has 1 aliphatic rings. The van der Waals surface area contributed by atoms with Gasteiger partial charge in [-0.3, -0.25) is 4.79 Å². The molecule has 0 bridgehead atoms. The van der Waals surface area contributed by atoms with Crippen molar-refractivity contribution in [1.82, 2.24) is 14.8 Å². The molecular weight excluding hydrogens is 344 g/mol. The number of hydrogen-bond donors (Lipinski definition) is 2. The van der Waals surface area contributed by atoms with Crippen LogP contribution in [-0.2, 0) is 0 Å². The van der Waals surface area contributed by atoms with Crippen molar-refractivity contribution in [3.8, 4) is 5.69 Å². The maximum Gasteiger partial charge on any atom is 0.288 e. The predicted octanol–water partition coefficient (Wildman–Crippen LogP) is 1.49. The molecule has 0 saturated carbocycles. The number of carbonyl (C=O) groups is 1. The van der Waals surface area contributed by atoms with E-state index in [9.17, 15) is 18.7 Å². The summed E-state index contributed by atoms with van der Waals surface area (Å²) >= 11 is 0. The van der Waals surface area contributed by atoms with E-state index in [-0.39, 0.29) is 34.2 Å². The number of aliphatic hydroxyl groups excluding tert-OH is 1. The van der Waals surface area contributed by atoms with Gasteiger partial charge < -0.3 is 10.8 Å². The molecule has 1 aliphatic heterocycles. The van der Waals surface area contributed by atoms with Crippen LogP contribution in [0.2, 0.25) is 0 Å². The monoisotopic (exact) mass is 355 g/mol. The fourth-order valence-corrected chi connectivity index (χ4v) is 2.77. The van der Waals surface area contributed by atoms with E-state index in [2.05, 4.69) is 15.1 Å². The number of nitrogens with two attached hydrogens (primary N) is 1. The lowest BCUT2D eigenvalue weighted by Crippen LogP contribution is -2.14. The van der Waals surface area contributed by atoms with Crippen LogP contribution in [0.5, 0.6) is 0 Å². The second-order valence-electron chi connectivity index (χ2n) is 5.56. The zero-order valence-electron chi connectivity index (χ0n) is 13.1. The molecule has 1 unspecified atom stereocenters. The number of benzene rings is 2. The lowest BCUT2D eigenvalue weighted by molar-refractivity contribution is 0.0990. The Morgan fingerprint density at radius 1 is 1.15 bits per heavy atom. The van der Waals surface area contributed by atoms with Gasteiger partial charge in [0.2, 0.25) is 12.1 Å². The smallest absolute Gasteiger partial charge is 0.288 e. The van der Waals surface area contributed by atoms with Crippen molar-refractivity contribution in [2.24, 2.45) is 10.7 Å². The Bertz CT molecular complexity index is 1080. The third-order valence-corrected chi connectivity index (χ3v) is 3.91. The lowest BCUT2D eigenvalue weighted by atomic mass is 10.00. The molecule has 9 heteroatoms. The Morgan fingerprint density at radius 3 is 2.65 bits per heavy atom. The number of aromatic nitrogens is 3. The number of hydrogen-bond acceptors (Lipinski definition) is 5. The topological polar surface area (TPSA) is 106 Å². The molecule has 7 nitrogen and oxygen atoms in total. The maximum absolute atomic E-state index is 14.3. The second kappa shape index (κ2) is 5.81. The third-order valence-electron chi connectivity index (χ3n) is 3.91. The molecule has 3 N–H and O–H groups in total. The standard InChI is InChI=1S/C17H11F2N5O2/c18-8-5-6-12-10(7-8)13(9-3-1-2-4-11(9)19)21-17(26)16-22-15(14(20)25)23-24(12)16/h1-7,17,26H,(H2,20,25). The molecule has 26 heavy (non-hydrogen) atoms. The summed E-state index contributed by atoms with van der Waals surface area (Å²) < 4.78 is 29.3. The van der Waals surface area contributed by atoms with E-state index in [4.69, 9.17) is 5.73 Å². The van der Waals surface area contributed by atoms with Crippen LogP contribution in [0.3, 0.4) is 0 Å². The lowest BCUT2D eigenvalue weighted by Gasteiger charge is -2.11. The fraction of sp³-hybridized carbons (Fsp3) is 0.0588. The number of aliphatic hydroxyl groups is 1. The highest BCUT2D eigenvalue weighted by Gasteiger charge is 2.29. The summed E-state index contributed by atoms with van der Waals surface area (Å²) in [4.78, 5) is 19.4. The molecule has 0 saturated heterocycles. The van der Waals surface area contributed by atoms with Gasteiger partial charge in [0.1, 0.15) is 11.6 Å². The van der Waals surface area contributed by atoms with Gasteiger partial charge in [-0.1, -0.05) is 12.1 Å². The number of aliphatic imine (C=N–C) groups is 1. The van der Waals surface area contributed by atoms with Crippen LogP contribution in [0.15, 0.2) is 47.5 Å². The van der Waals surface area contributed by atoms with Crippen molar-refractivity contribution in [1.29, 1.82) is 0 Å². The van der Waals surface area contributed by atoms with Crippen LogP contribution >= 0.6 is 0 Å². The summed E-state index contributed by atoms with van der Waals surface area (Å²) in [7, 11) is 0. The largest absolute Gasteiger partial charge is 0.365 e. The van der Waals surface area contributed by atoms with E-state index in [1.165, 1.54) is 30.3 Å². The molecule has 130 valence electrons. The normalized spacial score (nSPS) is 15.7. The van der Waals surface area contributed by atoms with Crippen LogP contribution in [0.25, 0.3) is 5.69 Å². The Kier molecular flexibility index (Phi) is 3.58. The highest BCUT2D eigenvalue weighted by Crippen LogP contribution is 2.29. The zero-order chi connectivity index (χ0) is 18.4. The highest BCUT2D eigenvalue weighted by atomic mass is 19.1. The maximum atomic E-state index is 14.3. The van der Waals surface area contributed by atoms with Gasteiger partial charge in [0.05, 0.1) is 11.4 Å². The predicted molar refractivity (Wildman–Crippen MR) is 86.8 cm³/mol. The first-order chi connectivity index (χ1) is 12.5. The van der Waals surface area contributed by atoms with E-state index in [1.807, 2.05) is 0 Å². The Morgan fingerprint density at radius 2 is 1.92 bits per heavy atom. The van der Waals surface area contributed by atoms with Gasteiger partial charge in [0, 0.05) is 11.1 Å². The molecule has 0 aliphatic carbocycles. The number of halogens is 2. The molecule has 0 spiro atoms. The van der Waals surface area contributed by atoms with Crippen LogP contribution in [-0.4, -0.2) is 31.5 Å². The van der Waals surface area contributed by atoms with E-state index in [1.54, 1.807) is 6.07 Å². The minimum Gasteiger partial charge on any atom is -0.365 e. The summed E-state index contributed by atoms with van der Waals surface area (Å²) in [6, 6.07) is 9.49. The first-order valence-electron chi connectivity index (χ1n) is 7.53. The first kappa shape index (κ1) is 16.0. The van der Waals surface area contributed by atoms with Gasteiger partial charge >= 0.3 is 0 Å². The molecule has 1 amide bonds.